The Morgan fingerprint density at radius 2 is 2.17 bits per heavy atom. The van der Waals surface area contributed by atoms with E-state index in [4.69, 9.17) is 9.52 Å². The van der Waals surface area contributed by atoms with Crippen LogP contribution in [0.4, 0.5) is 5.13 Å². The first-order chi connectivity index (χ1) is 11.3. The number of hydrogen-bond acceptors (Lipinski definition) is 6. The molecule has 24 heavy (non-hydrogen) atoms. The molecule has 1 atom stereocenters. The summed E-state index contributed by atoms with van der Waals surface area (Å²) in [5.41, 5.74) is 0.762. The number of anilines is 1. The molecule has 2 rings (SSSR count). The maximum Gasteiger partial charge on any atom is 0.305 e. The number of furan rings is 1. The van der Waals surface area contributed by atoms with Gasteiger partial charge in [-0.05, 0) is 12.1 Å². The molecule has 1 amide bonds. The molecule has 0 spiro atoms. The van der Waals surface area contributed by atoms with Crippen LogP contribution in [0.15, 0.2) is 28.2 Å². The summed E-state index contributed by atoms with van der Waals surface area (Å²) in [6, 6.07) is 2.60. The second kappa shape index (κ2) is 7.59. The van der Waals surface area contributed by atoms with Crippen LogP contribution in [-0.2, 0) is 21.5 Å². The van der Waals surface area contributed by atoms with Crippen molar-refractivity contribution in [3.63, 3.8) is 0 Å². The quantitative estimate of drug-likeness (QED) is 0.708. The SMILES string of the molecule is CC(C)(C)c1csc(NC(=O)C(CC(=O)O)NCc2ccco2)n1. The van der Waals surface area contributed by atoms with Gasteiger partial charge in [-0.15, -0.1) is 11.3 Å². The Morgan fingerprint density at radius 3 is 2.71 bits per heavy atom. The number of rotatable bonds is 7. The lowest BCUT2D eigenvalue weighted by Crippen LogP contribution is -2.41. The summed E-state index contributed by atoms with van der Waals surface area (Å²) in [5.74, 6) is -0.863. The van der Waals surface area contributed by atoms with Crippen LogP contribution in [0.3, 0.4) is 0 Å². The van der Waals surface area contributed by atoms with Crippen LogP contribution >= 0.6 is 11.3 Å². The topological polar surface area (TPSA) is 104 Å². The molecule has 2 aromatic rings. The molecule has 1 unspecified atom stereocenters. The molecule has 2 aromatic heterocycles. The number of carbonyl (C=O) groups excluding carboxylic acids is 1. The normalized spacial score (nSPS) is 12.8. The lowest BCUT2D eigenvalue weighted by molar-refractivity contribution is -0.139. The van der Waals surface area contributed by atoms with E-state index in [9.17, 15) is 9.59 Å². The lowest BCUT2D eigenvalue weighted by Gasteiger charge is -2.16. The highest BCUT2D eigenvalue weighted by atomic mass is 32.1. The van der Waals surface area contributed by atoms with Gasteiger partial charge < -0.3 is 14.8 Å². The van der Waals surface area contributed by atoms with Gasteiger partial charge in [0.25, 0.3) is 0 Å². The third-order valence-electron chi connectivity index (χ3n) is 3.30. The minimum Gasteiger partial charge on any atom is -0.481 e. The molecule has 130 valence electrons. The zero-order valence-electron chi connectivity index (χ0n) is 13.8. The fraction of sp³-hybridized carbons (Fsp3) is 0.438. The van der Waals surface area contributed by atoms with Crippen LogP contribution in [-0.4, -0.2) is 28.0 Å². The fourth-order valence-corrected chi connectivity index (χ4v) is 2.88. The largest absolute Gasteiger partial charge is 0.481 e. The Kier molecular flexibility index (Phi) is 5.74. The zero-order valence-corrected chi connectivity index (χ0v) is 14.6. The number of aliphatic carboxylic acids is 1. The summed E-state index contributed by atoms with van der Waals surface area (Å²) >= 11 is 1.32. The summed E-state index contributed by atoms with van der Waals surface area (Å²) < 4.78 is 5.18. The fourth-order valence-electron chi connectivity index (χ4n) is 1.94. The predicted molar refractivity (Wildman–Crippen MR) is 91.0 cm³/mol. The van der Waals surface area contributed by atoms with Crippen LogP contribution < -0.4 is 10.6 Å². The van der Waals surface area contributed by atoms with Gasteiger partial charge in [-0.3, -0.25) is 14.9 Å². The molecule has 0 aliphatic rings. The Labute approximate surface area is 144 Å². The van der Waals surface area contributed by atoms with Gasteiger partial charge in [0, 0.05) is 10.8 Å². The number of carboxylic acid groups (broad SMARTS) is 1. The summed E-state index contributed by atoms with van der Waals surface area (Å²) in [6.07, 6.45) is 1.19. The molecule has 2 heterocycles. The third-order valence-corrected chi connectivity index (χ3v) is 4.06. The van der Waals surface area contributed by atoms with E-state index >= 15 is 0 Å². The molecule has 3 N–H and O–H groups in total. The van der Waals surface area contributed by atoms with Crippen molar-refractivity contribution in [1.82, 2.24) is 10.3 Å². The highest BCUT2D eigenvalue weighted by molar-refractivity contribution is 7.14. The van der Waals surface area contributed by atoms with Crippen molar-refractivity contribution in [2.24, 2.45) is 0 Å². The number of carboxylic acids is 1. The minimum atomic E-state index is -1.06. The molecule has 0 radical (unpaired) electrons. The lowest BCUT2D eigenvalue weighted by atomic mass is 9.93. The average molecular weight is 351 g/mol. The van der Waals surface area contributed by atoms with Crippen molar-refractivity contribution in [3.8, 4) is 0 Å². The standard InChI is InChI=1S/C16H21N3O4S/c1-16(2,3)12-9-24-15(18-12)19-14(22)11(7-13(20)21)17-8-10-5-4-6-23-10/h4-6,9,11,17H,7-8H2,1-3H3,(H,20,21)(H,18,19,22). The number of thiazole rings is 1. The second-order valence-electron chi connectivity index (χ2n) is 6.39. The zero-order chi connectivity index (χ0) is 17.7. The maximum atomic E-state index is 12.4. The number of nitrogens with zero attached hydrogens (tertiary/aromatic N) is 1. The highest BCUT2D eigenvalue weighted by Crippen LogP contribution is 2.26. The molecule has 0 aliphatic carbocycles. The van der Waals surface area contributed by atoms with Crippen molar-refractivity contribution in [3.05, 3.63) is 35.2 Å². The van der Waals surface area contributed by atoms with Crippen molar-refractivity contribution in [2.75, 3.05) is 5.32 Å². The summed E-state index contributed by atoms with van der Waals surface area (Å²) in [5, 5.41) is 16.9. The maximum absolute atomic E-state index is 12.4. The molecule has 0 bridgehead atoms. The summed E-state index contributed by atoms with van der Waals surface area (Å²) in [6.45, 7) is 6.37. The van der Waals surface area contributed by atoms with E-state index in [0.717, 1.165) is 5.69 Å². The van der Waals surface area contributed by atoms with Crippen LogP contribution in [0.25, 0.3) is 0 Å². The van der Waals surface area contributed by atoms with E-state index in [1.54, 1.807) is 12.1 Å². The molecule has 0 saturated heterocycles. The number of amides is 1. The highest BCUT2D eigenvalue weighted by Gasteiger charge is 2.24. The molecule has 0 saturated carbocycles. The van der Waals surface area contributed by atoms with Crippen molar-refractivity contribution in [2.45, 2.75) is 45.2 Å². The number of hydrogen-bond donors (Lipinski definition) is 3. The molecule has 0 fully saturated rings. The molecular weight excluding hydrogens is 330 g/mol. The third kappa shape index (κ3) is 5.17. The van der Waals surface area contributed by atoms with Gasteiger partial charge in [0.15, 0.2) is 5.13 Å². The minimum absolute atomic E-state index is 0.114. The number of aromatic nitrogens is 1. The number of carbonyl (C=O) groups is 2. The van der Waals surface area contributed by atoms with E-state index in [1.165, 1.54) is 17.6 Å². The number of nitrogens with one attached hydrogen (secondary N) is 2. The summed E-state index contributed by atoms with van der Waals surface area (Å²) in [4.78, 5) is 27.8. The van der Waals surface area contributed by atoms with E-state index < -0.39 is 17.9 Å². The van der Waals surface area contributed by atoms with E-state index in [-0.39, 0.29) is 18.4 Å². The molecule has 0 aromatic carbocycles. The van der Waals surface area contributed by atoms with Gasteiger partial charge in [0.05, 0.1) is 31.0 Å². The monoisotopic (exact) mass is 351 g/mol. The first-order valence-electron chi connectivity index (χ1n) is 7.50. The van der Waals surface area contributed by atoms with Crippen molar-refractivity contribution in [1.29, 1.82) is 0 Å². The first-order valence-corrected chi connectivity index (χ1v) is 8.38. The Bertz CT molecular complexity index is 688. The van der Waals surface area contributed by atoms with Gasteiger partial charge in [-0.2, -0.15) is 0 Å². The predicted octanol–water partition coefficient (Wildman–Crippen LogP) is 2.61. The van der Waals surface area contributed by atoms with Crippen LogP contribution in [0.2, 0.25) is 0 Å². The Balaban J connectivity index is 2.01. The smallest absolute Gasteiger partial charge is 0.305 e. The van der Waals surface area contributed by atoms with Gasteiger partial charge in [0.2, 0.25) is 5.91 Å². The van der Waals surface area contributed by atoms with E-state index in [0.29, 0.717) is 10.9 Å². The Morgan fingerprint density at radius 1 is 1.42 bits per heavy atom. The van der Waals surface area contributed by atoms with E-state index in [2.05, 4.69) is 15.6 Å². The molecule has 7 nitrogen and oxygen atoms in total. The first kappa shape index (κ1) is 18.2. The van der Waals surface area contributed by atoms with Gasteiger partial charge >= 0.3 is 5.97 Å². The van der Waals surface area contributed by atoms with Crippen LogP contribution in [0.5, 0.6) is 0 Å². The van der Waals surface area contributed by atoms with Gasteiger partial charge in [0.1, 0.15) is 5.76 Å². The summed E-state index contributed by atoms with van der Waals surface area (Å²) in [7, 11) is 0. The van der Waals surface area contributed by atoms with Crippen LogP contribution in [0.1, 0.15) is 38.6 Å². The van der Waals surface area contributed by atoms with Crippen molar-refractivity contribution < 1.29 is 19.1 Å². The Hall–Kier alpha value is -2.19. The van der Waals surface area contributed by atoms with Crippen LogP contribution in [0, 0.1) is 0 Å². The average Bonchev–Trinajstić information content (AvgIpc) is 3.13. The second-order valence-corrected chi connectivity index (χ2v) is 7.25. The molecule has 0 aliphatic heterocycles. The van der Waals surface area contributed by atoms with E-state index in [1.807, 2.05) is 26.2 Å². The van der Waals surface area contributed by atoms with Gasteiger partial charge in [-0.25, -0.2) is 4.98 Å². The molecular formula is C16H21N3O4S. The molecule has 8 heteroatoms. The van der Waals surface area contributed by atoms with Crippen molar-refractivity contribution >= 4 is 28.3 Å². The van der Waals surface area contributed by atoms with Gasteiger partial charge in [-0.1, -0.05) is 20.8 Å².